The third-order valence-corrected chi connectivity index (χ3v) is 2.44. The van der Waals surface area contributed by atoms with Gasteiger partial charge in [-0.15, -0.1) is 0 Å². The summed E-state index contributed by atoms with van der Waals surface area (Å²) in [6.45, 7) is 0. The van der Waals surface area contributed by atoms with Gasteiger partial charge in [0.2, 0.25) is 5.95 Å². The fourth-order valence-electron chi connectivity index (χ4n) is 1.56. The van der Waals surface area contributed by atoms with Crippen LogP contribution in [0.4, 0.5) is 17.5 Å². The second kappa shape index (κ2) is 4.29. The Kier molecular flexibility index (Phi) is 2.82. The monoisotopic (exact) mass is 229 g/mol. The zero-order valence-electron chi connectivity index (χ0n) is 9.88. The zero-order valence-corrected chi connectivity index (χ0v) is 9.88. The molecule has 4 N–H and O–H groups in total. The Morgan fingerprint density at radius 3 is 2.18 bits per heavy atom. The highest BCUT2D eigenvalue weighted by atomic mass is 15.1. The SMILES string of the molecule is CN(C)c1ccc(-c2cc(N)nc(N)n2)cc1. The lowest BCUT2D eigenvalue weighted by Gasteiger charge is -2.12. The van der Waals surface area contributed by atoms with E-state index in [0.29, 0.717) is 5.82 Å². The van der Waals surface area contributed by atoms with E-state index >= 15 is 0 Å². The van der Waals surface area contributed by atoms with Gasteiger partial charge < -0.3 is 16.4 Å². The molecule has 2 rings (SSSR count). The molecule has 0 aliphatic carbocycles. The molecule has 0 fully saturated rings. The maximum Gasteiger partial charge on any atom is 0.222 e. The molecule has 1 aromatic heterocycles. The number of aromatic nitrogens is 2. The molecule has 5 nitrogen and oxygen atoms in total. The van der Waals surface area contributed by atoms with Gasteiger partial charge in [0, 0.05) is 31.4 Å². The molecule has 0 aliphatic rings. The van der Waals surface area contributed by atoms with E-state index in [1.807, 2.05) is 43.3 Å². The first kappa shape index (κ1) is 11.2. The standard InChI is InChI=1S/C12H15N5/c1-17(2)9-5-3-8(4-6-9)10-7-11(13)16-12(14)15-10/h3-7H,1-2H3,(H4,13,14,15,16). The molecule has 88 valence electrons. The van der Waals surface area contributed by atoms with Gasteiger partial charge >= 0.3 is 0 Å². The predicted molar refractivity (Wildman–Crippen MR) is 70.6 cm³/mol. The van der Waals surface area contributed by atoms with Crippen molar-refractivity contribution in [2.45, 2.75) is 0 Å². The van der Waals surface area contributed by atoms with Crippen LogP contribution in [0.3, 0.4) is 0 Å². The molecule has 0 unspecified atom stereocenters. The maximum absolute atomic E-state index is 5.64. The summed E-state index contributed by atoms with van der Waals surface area (Å²) in [6, 6.07) is 9.71. The van der Waals surface area contributed by atoms with Crippen LogP contribution in [0.1, 0.15) is 0 Å². The molecule has 5 heteroatoms. The van der Waals surface area contributed by atoms with Crippen molar-refractivity contribution < 1.29 is 0 Å². The Morgan fingerprint density at radius 2 is 1.65 bits per heavy atom. The summed E-state index contributed by atoms with van der Waals surface area (Å²) in [5.41, 5.74) is 14.0. The summed E-state index contributed by atoms with van der Waals surface area (Å²) in [7, 11) is 3.99. The number of benzene rings is 1. The molecule has 0 saturated heterocycles. The smallest absolute Gasteiger partial charge is 0.222 e. The molecule has 0 bridgehead atoms. The Hall–Kier alpha value is -2.30. The van der Waals surface area contributed by atoms with E-state index in [9.17, 15) is 0 Å². The second-order valence-electron chi connectivity index (χ2n) is 3.98. The molecular formula is C12H15N5. The van der Waals surface area contributed by atoms with Crippen LogP contribution in [0.25, 0.3) is 11.3 Å². The molecule has 0 amide bonds. The molecule has 17 heavy (non-hydrogen) atoms. The number of nitrogens with zero attached hydrogens (tertiary/aromatic N) is 3. The highest BCUT2D eigenvalue weighted by Gasteiger charge is 2.03. The van der Waals surface area contributed by atoms with Gasteiger partial charge in [-0.3, -0.25) is 0 Å². The van der Waals surface area contributed by atoms with Crippen LogP contribution in [0.5, 0.6) is 0 Å². The molecule has 0 spiro atoms. The largest absolute Gasteiger partial charge is 0.384 e. The number of anilines is 3. The van der Waals surface area contributed by atoms with Gasteiger partial charge in [-0.1, -0.05) is 12.1 Å². The Balaban J connectivity index is 2.39. The van der Waals surface area contributed by atoms with E-state index in [1.165, 1.54) is 0 Å². The molecule has 1 heterocycles. The normalized spacial score (nSPS) is 10.2. The molecule has 1 aromatic carbocycles. The van der Waals surface area contributed by atoms with Crippen LogP contribution < -0.4 is 16.4 Å². The number of hydrogen-bond acceptors (Lipinski definition) is 5. The van der Waals surface area contributed by atoms with Crippen LogP contribution in [0.2, 0.25) is 0 Å². The van der Waals surface area contributed by atoms with Gasteiger partial charge in [-0.25, -0.2) is 4.98 Å². The van der Waals surface area contributed by atoms with Crippen LogP contribution in [0.15, 0.2) is 30.3 Å². The molecule has 2 aromatic rings. The van der Waals surface area contributed by atoms with Gasteiger partial charge in [-0.05, 0) is 12.1 Å². The van der Waals surface area contributed by atoms with Gasteiger partial charge in [0.25, 0.3) is 0 Å². The third-order valence-electron chi connectivity index (χ3n) is 2.44. The number of nitrogen functional groups attached to an aromatic ring is 2. The van der Waals surface area contributed by atoms with E-state index in [4.69, 9.17) is 11.5 Å². The minimum Gasteiger partial charge on any atom is -0.384 e. The van der Waals surface area contributed by atoms with E-state index in [-0.39, 0.29) is 5.95 Å². The van der Waals surface area contributed by atoms with Crippen molar-refractivity contribution in [3.05, 3.63) is 30.3 Å². The van der Waals surface area contributed by atoms with E-state index in [2.05, 4.69) is 9.97 Å². The minimum absolute atomic E-state index is 0.191. The van der Waals surface area contributed by atoms with Crippen LogP contribution >= 0.6 is 0 Å². The van der Waals surface area contributed by atoms with Crippen molar-refractivity contribution in [3.63, 3.8) is 0 Å². The molecule has 0 aliphatic heterocycles. The highest BCUT2D eigenvalue weighted by Crippen LogP contribution is 2.22. The zero-order chi connectivity index (χ0) is 12.4. The first-order valence-corrected chi connectivity index (χ1v) is 5.24. The van der Waals surface area contributed by atoms with Gasteiger partial charge in [0.1, 0.15) is 5.82 Å². The lowest BCUT2D eigenvalue weighted by Crippen LogP contribution is -2.08. The van der Waals surface area contributed by atoms with Gasteiger partial charge in [-0.2, -0.15) is 4.98 Å². The second-order valence-corrected chi connectivity index (χ2v) is 3.98. The fourth-order valence-corrected chi connectivity index (χ4v) is 1.56. The van der Waals surface area contributed by atoms with Crippen LogP contribution in [0, 0.1) is 0 Å². The van der Waals surface area contributed by atoms with Crippen LogP contribution in [-0.4, -0.2) is 24.1 Å². The highest BCUT2D eigenvalue weighted by molar-refractivity contribution is 5.65. The maximum atomic E-state index is 5.64. The third kappa shape index (κ3) is 2.44. The number of hydrogen-bond donors (Lipinski definition) is 2. The van der Waals surface area contributed by atoms with Crippen molar-refractivity contribution >= 4 is 17.5 Å². The fraction of sp³-hybridized carbons (Fsp3) is 0.167. The lowest BCUT2D eigenvalue weighted by molar-refractivity contribution is 1.13. The molecular weight excluding hydrogens is 214 g/mol. The summed E-state index contributed by atoms with van der Waals surface area (Å²) in [6.07, 6.45) is 0. The van der Waals surface area contributed by atoms with E-state index in [1.54, 1.807) is 6.07 Å². The first-order chi connectivity index (χ1) is 8.06. The summed E-state index contributed by atoms with van der Waals surface area (Å²) < 4.78 is 0. The summed E-state index contributed by atoms with van der Waals surface area (Å²) in [4.78, 5) is 10.0. The van der Waals surface area contributed by atoms with Crippen molar-refractivity contribution in [1.82, 2.24) is 9.97 Å². The molecule has 0 radical (unpaired) electrons. The average Bonchev–Trinajstić information content (AvgIpc) is 2.28. The van der Waals surface area contributed by atoms with Crippen molar-refractivity contribution in [1.29, 1.82) is 0 Å². The van der Waals surface area contributed by atoms with Gasteiger partial charge in [0.15, 0.2) is 0 Å². The first-order valence-electron chi connectivity index (χ1n) is 5.24. The topological polar surface area (TPSA) is 81.1 Å². The van der Waals surface area contributed by atoms with Gasteiger partial charge in [0.05, 0.1) is 5.69 Å². The summed E-state index contributed by atoms with van der Waals surface area (Å²) in [5, 5.41) is 0. The summed E-state index contributed by atoms with van der Waals surface area (Å²) in [5.74, 6) is 0.570. The van der Waals surface area contributed by atoms with E-state index < -0.39 is 0 Å². The minimum atomic E-state index is 0.191. The molecule has 0 atom stereocenters. The predicted octanol–water partition coefficient (Wildman–Crippen LogP) is 1.37. The van der Waals surface area contributed by atoms with Crippen molar-refractivity contribution in [2.24, 2.45) is 0 Å². The average molecular weight is 229 g/mol. The quantitative estimate of drug-likeness (QED) is 0.813. The molecule has 0 saturated carbocycles. The Morgan fingerprint density at radius 1 is 1.00 bits per heavy atom. The van der Waals surface area contributed by atoms with Crippen molar-refractivity contribution in [3.8, 4) is 11.3 Å². The van der Waals surface area contributed by atoms with Crippen molar-refractivity contribution in [2.75, 3.05) is 30.5 Å². The number of nitrogens with two attached hydrogens (primary N) is 2. The lowest BCUT2D eigenvalue weighted by atomic mass is 10.1. The Labute approximate surface area is 100 Å². The number of rotatable bonds is 2. The van der Waals surface area contributed by atoms with Crippen LogP contribution in [-0.2, 0) is 0 Å². The summed E-state index contributed by atoms with van der Waals surface area (Å²) >= 11 is 0. The van der Waals surface area contributed by atoms with E-state index in [0.717, 1.165) is 16.9 Å². The Bertz CT molecular complexity index is 499.